The van der Waals surface area contributed by atoms with Crippen LogP contribution in [0.3, 0.4) is 0 Å². The molecule has 0 radical (unpaired) electrons. The van der Waals surface area contributed by atoms with Crippen LogP contribution >= 0.6 is 0 Å². The molecule has 3 aromatic rings. The zero-order chi connectivity index (χ0) is 16.1. The lowest BCUT2D eigenvalue weighted by molar-refractivity contribution is 0.850. The number of rotatable bonds is 5. The minimum Gasteiger partial charge on any atom is -0.298 e. The van der Waals surface area contributed by atoms with Crippen molar-refractivity contribution < 1.29 is 0 Å². The van der Waals surface area contributed by atoms with Crippen LogP contribution in [-0.4, -0.2) is 14.5 Å². The van der Waals surface area contributed by atoms with E-state index in [4.69, 9.17) is 0 Å². The number of nitrogens with zero attached hydrogens (tertiary/aromatic N) is 3. The lowest BCUT2D eigenvalue weighted by Crippen LogP contribution is -2.25. The molecule has 23 heavy (non-hydrogen) atoms. The molecule has 6 nitrogen and oxygen atoms in total. The van der Waals surface area contributed by atoms with Gasteiger partial charge in [-0.1, -0.05) is 43.3 Å². The Morgan fingerprint density at radius 3 is 2.48 bits per heavy atom. The van der Waals surface area contributed by atoms with Crippen molar-refractivity contribution in [3.05, 3.63) is 77.0 Å². The molecule has 0 saturated heterocycles. The second-order valence-electron chi connectivity index (χ2n) is 4.93. The average molecular weight is 307 g/mol. The molecule has 0 fully saturated rings. The molecule has 0 aliphatic carbocycles. The van der Waals surface area contributed by atoms with Gasteiger partial charge in [0.05, 0.1) is 11.4 Å². The summed E-state index contributed by atoms with van der Waals surface area (Å²) in [6.07, 6.45) is 2.32. The van der Waals surface area contributed by atoms with Crippen molar-refractivity contribution in [2.75, 3.05) is 10.9 Å². The lowest BCUT2D eigenvalue weighted by atomic mass is 10.1. The van der Waals surface area contributed by atoms with Crippen LogP contribution in [0.5, 0.6) is 0 Å². The van der Waals surface area contributed by atoms with Gasteiger partial charge in [0.2, 0.25) is 5.95 Å². The van der Waals surface area contributed by atoms with Gasteiger partial charge in [-0.2, -0.15) is 4.98 Å². The zero-order valence-corrected chi connectivity index (χ0v) is 12.7. The zero-order valence-electron chi connectivity index (χ0n) is 12.7. The molecule has 0 aliphatic heterocycles. The van der Waals surface area contributed by atoms with Crippen molar-refractivity contribution in [3.63, 3.8) is 0 Å². The minimum atomic E-state index is -0.377. The average Bonchev–Trinajstić information content (AvgIpc) is 2.61. The molecule has 2 aromatic carbocycles. The number of hydrazine groups is 1. The maximum Gasteiger partial charge on any atom is 0.356 e. The van der Waals surface area contributed by atoms with Crippen molar-refractivity contribution in [2.24, 2.45) is 0 Å². The van der Waals surface area contributed by atoms with Gasteiger partial charge in [0.15, 0.2) is 0 Å². The smallest absolute Gasteiger partial charge is 0.298 e. The van der Waals surface area contributed by atoms with E-state index in [9.17, 15) is 4.79 Å². The van der Waals surface area contributed by atoms with E-state index in [0.717, 1.165) is 23.4 Å². The summed E-state index contributed by atoms with van der Waals surface area (Å²) in [7, 11) is 0. The summed E-state index contributed by atoms with van der Waals surface area (Å²) < 4.78 is 1.45. The summed E-state index contributed by atoms with van der Waals surface area (Å²) in [4.78, 5) is 20.4. The molecule has 0 unspecified atom stereocenters. The molecule has 6 heteroatoms. The third-order valence-electron chi connectivity index (χ3n) is 3.43. The summed E-state index contributed by atoms with van der Waals surface area (Å²) in [6.45, 7) is 2.05. The van der Waals surface area contributed by atoms with Gasteiger partial charge in [0, 0.05) is 0 Å². The Bertz CT molecular complexity index is 845. The van der Waals surface area contributed by atoms with Gasteiger partial charge in [0.25, 0.3) is 0 Å². The monoisotopic (exact) mass is 307 g/mol. The first-order valence-electron chi connectivity index (χ1n) is 7.39. The van der Waals surface area contributed by atoms with E-state index in [1.165, 1.54) is 10.9 Å². The summed E-state index contributed by atoms with van der Waals surface area (Å²) in [6, 6.07) is 17.3. The van der Waals surface area contributed by atoms with Crippen LogP contribution in [0.4, 0.5) is 11.6 Å². The second-order valence-corrected chi connectivity index (χ2v) is 4.93. The van der Waals surface area contributed by atoms with Gasteiger partial charge in [-0.25, -0.2) is 9.78 Å². The summed E-state index contributed by atoms with van der Waals surface area (Å²) in [5.74, 6) is 0.226. The molecule has 1 heterocycles. The van der Waals surface area contributed by atoms with Crippen molar-refractivity contribution in [3.8, 4) is 5.69 Å². The number of benzene rings is 2. The molecule has 0 atom stereocenters. The molecule has 3 rings (SSSR count). The number of aryl methyl sites for hydroxylation is 1. The standard InChI is InChI=1S/C17H17N5O/c1-2-13-8-6-7-11-15(13)22-12-18-16(19-17(22)23)21-20-14-9-4-3-5-10-14/h3-12,20H,2H2,1H3,(H,19,21,23). The maximum atomic E-state index is 12.3. The van der Waals surface area contributed by atoms with E-state index in [2.05, 4.69) is 20.8 Å². The summed E-state index contributed by atoms with van der Waals surface area (Å²) in [5, 5.41) is 0. The second kappa shape index (κ2) is 6.74. The predicted molar refractivity (Wildman–Crippen MR) is 90.7 cm³/mol. The molecule has 0 bridgehead atoms. The van der Waals surface area contributed by atoms with Crippen LogP contribution < -0.4 is 16.5 Å². The number of aromatic nitrogens is 3. The van der Waals surface area contributed by atoms with Gasteiger partial charge in [-0.05, 0) is 30.2 Å². The fourth-order valence-corrected chi connectivity index (χ4v) is 2.25. The van der Waals surface area contributed by atoms with Crippen molar-refractivity contribution in [1.82, 2.24) is 14.5 Å². The largest absolute Gasteiger partial charge is 0.356 e. The SMILES string of the molecule is CCc1ccccc1-n1cnc(NNc2ccccc2)nc1=O. The Morgan fingerprint density at radius 1 is 1.00 bits per heavy atom. The van der Waals surface area contributed by atoms with E-state index in [1.54, 1.807) is 0 Å². The highest BCUT2D eigenvalue weighted by molar-refractivity contribution is 5.47. The highest BCUT2D eigenvalue weighted by Gasteiger charge is 2.07. The van der Waals surface area contributed by atoms with E-state index < -0.39 is 0 Å². The molecule has 0 spiro atoms. The lowest BCUT2D eigenvalue weighted by Gasteiger charge is -2.11. The summed E-state index contributed by atoms with van der Waals surface area (Å²) in [5.41, 5.74) is 8.13. The highest BCUT2D eigenvalue weighted by atomic mass is 16.1. The normalized spacial score (nSPS) is 10.3. The first-order chi connectivity index (χ1) is 11.3. The molecular weight excluding hydrogens is 290 g/mol. The van der Waals surface area contributed by atoms with Crippen LogP contribution in [0.25, 0.3) is 5.69 Å². The fraction of sp³-hybridized carbons (Fsp3) is 0.118. The van der Waals surface area contributed by atoms with Crippen LogP contribution in [0.2, 0.25) is 0 Å². The first-order valence-corrected chi connectivity index (χ1v) is 7.39. The van der Waals surface area contributed by atoms with Gasteiger partial charge in [-0.15, -0.1) is 0 Å². The number of para-hydroxylation sites is 2. The molecule has 0 amide bonds. The number of nitrogens with one attached hydrogen (secondary N) is 2. The van der Waals surface area contributed by atoms with Crippen molar-refractivity contribution >= 4 is 11.6 Å². The fourth-order valence-electron chi connectivity index (χ4n) is 2.25. The van der Waals surface area contributed by atoms with Gasteiger partial charge >= 0.3 is 5.69 Å². The topological polar surface area (TPSA) is 71.8 Å². The third kappa shape index (κ3) is 3.37. The Balaban J connectivity index is 1.82. The number of anilines is 2. The van der Waals surface area contributed by atoms with Crippen LogP contribution in [0, 0.1) is 0 Å². The van der Waals surface area contributed by atoms with E-state index >= 15 is 0 Å². The van der Waals surface area contributed by atoms with E-state index in [1.807, 2.05) is 61.5 Å². The molecule has 2 N–H and O–H groups in total. The van der Waals surface area contributed by atoms with Crippen molar-refractivity contribution in [1.29, 1.82) is 0 Å². The van der Waals surface area contributed by atoms with Crippen LogP contribution in [-0.2, 0) is 6.42 Å². The number of hydrogen-bond acceptors (Lipinski definition) is 5. The van der Waals surface area contributed by atoms with Gasteiger partial charge < -0.3 is 0 Å². The predicted octanol–water partition coefficient (Wildman–Crippen LogP) is 2.63. The Labute approximate surface area is 133 Å². The van der Waals surface area contributed by atoms with Crippen molar-refractivity contribution in [2.45, 2.75) is 13.3 Å². The number of hydrogen-bond donors (Lipinski definition) is 2. The first kappa shape index (κ1) is 14.8. The molecule has 0 aliphatic rings. The van der Waals surface area contributed by atoms with E-state index in [0.29, 0.717) is 0 Å². The summed E-state index contributed by atoms with van der Waals surface area (Å²) >= 11 is 0. The Morgan fingerprint density at radius 2 is 1.74 bits per heavy atom. The molecule has 1 aromatic heterocycles. The van der Waals surface area contributed by atoms with Gasteiger partial charge in [-0.3, -0.25) is 15.4 Å². The maximum absolute atomic E-state index is 12.3. The molecular formula is C17H17N5O. The minimum absolute atomic E-state index is 0.226. The molecule has 0 saturated carbocycles. The van der Waals surface area contributed by atoms with Crippen LogP contribution in [0.1, 0.15) is 12.5 Å². The van der Waals surface area contributed by atoms with Gasteiger partial charge in [0.1, 0.15) is 6.33 Å². The quantitative estimate of drug-likeness (QED) is 0.709. The third-order valence-corrected chi connectivity index (χ3v) is 3.43. The highest BCUT2D eigenvalue weighted by Crippen LogP contribution is 2.12. The molecule has 116 valence electrons. The van der Waals surface area contributed by atoms with Crippen LogP contribution in [0.15, 0.2) is 65.7 Å². The Hall–Kier alpha value is -3.15. The Kier molecular flexibility index (Phi) is 4.33. The van der Waals surface area contributed by atoms with E-state index in [-0.39, 0.29) is 11.6 Å².